The molecular formula is C16H23N3. The van der Waals surface area contributed by atoms with Gasteiger partial charge < -0.3 is 5.32 Å². The molecular weight excluding hydrogens is 234 g/mol. The van der Waals surface area contributed by atoms with E-state index in [2.05, 4.69) is 61.6 Å². The van der Waals surface area contributed by atoms with Gasteiger partial charge in [0.1, 0.15) is 0 Å². The van der Waals surface area contributed by atoms with E-state index in [-0.39, 0.29) is 0 Å². The maximum Gasteiger partial charge on any atom is 0.0568 e. The molecule has 0 aliphatic heterocycles. The van der Waals surface area contributed by atoms with Crippen molar-refractivity contribution in [2.24, 2.45) is 0 Å². The molecule has 0 saturated carbocycles. The number of rotatable bonds is 6. The predicted octanol–water partition coefficient (Wildman–Crippen LogP) is 3.63. The molecule has 0 radical (unpaired) electrons. The molecule has 1 aromatic carbocycles. The van der Waals surface area contributed by atoms with Crippen LogP contribution in [0.3, 0.4) is 0 Å². The van der Waals surface area contributed by atoms with E-state index in [0.717, 1.165) is 19.5 Å². The lowest BCUT2D eigenvalue weighted by molar-refractivity contribution is 0.598. The minimum Gasteiger partial charge on any atom is -0.310 e. The largest absolute Gasteiger partial charge is 0.310 e. The van der Waals surface area contributed by atoms with Crippen molar-refractivity contribution in [3.05, 3.63) is 42.2 Å². The van der Waals surface area contributed by atoms with Crippen molar-refractivity contribution < 1.29 is 0 Å². The zero-order chi connectivity index (χ0) is 13.7. The molecule has 2 aromatic rings. The van der Waals surface area contributed by atoms with Crippen LogP contribution in [0.4, 0.5) is 0 Å². The summed E-state index contributed by atoms with van der Waals surface area (Å²) in [4.78, 5) is 0. The van der Waals surface area contributed by atoms with Crippen molar-refractivity contribution in [2.75, 3.05) is 6.54 Å². The normalized spacial score (nSPS) is 12.6. The van der Waals surface area contributed by atoms with Crippen LogP contribution in [0.25, 0.3) is 11.1 Å². The van der Waals surface area contributed by atoms with Crippen molar-refractivity contribution in [3.63, 3.8) is 0 Å². The fraction of sp³-hybridized carbons (Fsp3) is 0.438. The lowest BCUT2D eigenvalue weighted by Gasteiger charge is -2.12. The Kier molecular flexibility index (Phi) is 4.74. The predicted molar refractivity (Wildman–Crippen MR) is 80.0 cm³/mol. The third-order valence-corrected chi connectivity index (χ3v) is 3.34. The summed E-state index contributed by atoms with van der Waals surface area (Å²) in [5.41, 5.74) is 3.75. The summed E-state index contributed by atoms with van der Waals surface area (Å²) in [7, 11) is 0. The van der Waals surface area contributed by atoms with Crippen molar-refractivity contribution >= 4 is 0 Å². The van der Waals surface area contributed by atoms with Crippen LogP contribution in [0.1, 0.15) is 38.8 Å². The van der Waals surface area contributed by atoms with E-state index in [0.29, 0.717) is 6.04 Å². The number of hydrogen-bond acceptors (Lipinski definition) is 2. The second-order valence-electron chi connectivity index (χ2n) is 4.89. The Labute approximate surface area is 115 Å². The van der Waals surface area contributed by atoms with Crippen LogP contribution in [-0.2, 0) is 6.54 Å². The van der Waals surface area contributed by atoms with Gasteiger partial charge in [-0.05, 0) is 31.0 Å². The van der Waals surface area contributed by atoms with Gasteiger partial charge in [0.2, 0.25) is 0 Å². The summed E-state index contributed by atoms with van der Waals surface area (Å²) in [6.07, 6.45) is 5.17. The molecule has 0 aliphatic rings. The third-order valence-electron chi connectivity index (χ3n) is 3.34. The summed E-state index contributed by atoms with van der Waals surface area (Å²) in [5, 5.41) is 7.80. The fourth-order valence-electron chi connectivity index (χ4n) is 2.25. The monoisotopic (exact) mass is 257 g/mol. The first-order chi connectivity index (χ1) is 9.24. The van der Waals surface area contributed by atoms with Crippen LogP contribution in [-0.4, -0.2) is 16.3 Å². The van der Waals surface area contributed by atoms with Gasteiger partial charge in [-0.1, -0.05) is 38.1 Å². The van der Waals surface area contributed by atoms with E-state index < -0.39 is 0 Å². The molecule has 3 nitrogen and oxygen atoms in total. The number of aromatic nitrogens is 2. The maximum atomic E-state index is 4.37. The molecule has 1 aromatic heterocycles. The molecule has 19 heavy (non-hydrogen) atoms. The summed E-state index contributed by atoms with van der Waals surface area (Å²) in [6.45, 7) is 8.46. The Balaban J connectivity index is 2.12. The zero-order valence-corrected chi connectivity index (χ0v) is 12.1. The SMILES string of the molecule is CCCn1cc(-c2ccc(C(C)NCC)cc2)cn1. The molecule has 1 atom stereocenters. The van der Waals surface area contributed by atoms with E-state index in [1.807, 2.05) is 10.9 Å². The summed E-state index contributed by atoms with van der Waals surface area (Å²) in [5.74, 6) is 0. The number of aryl methyl sites for hydroxylation is 1. The van der Waals surface area contributed by atoms with Gasteiger partial charge in [0.15, 0.2) is 0 Å². The summed E-state index contributed by atoms with van der Waals surface area (Å²) < 4.78 is 2.00. The van der Waals surface area contributed by atoms with Gasteiger partial charge in [-0.25, -0.2) is 0 Å². The molecule has 1 heterocycles. The molecule has 0 aliphatic carbocycles. The molecule has 2 rings (SSSR count). The Morgan fingerprint density at radius 2 is 1.89 bits per heavy atom. The standard InChI is InChI=1S/C16H23N3/c1-4-10-19-12-16(11-18-19)15-8-6-14(7-9-15)13(3)17-5-2/h6-9,11-13,17H,4-5,10H2,1-3H3. The minimum absolute atomic E-state index is 0.405. The Morgan fingerprint density at radius 3 is 2.53 bits per heavy atom. The highest BCUT2D eigenvalue weighted by molar-refractivity contribution is 5.62. The van der Waals surface area contributed by atoms with Gasteiger partial charge >= 0.3 is 0 Å². The molecule has 3 heteroatoms. The average Bonchev–Trinajstić information content (AvgIpc) is 2.88. The smallest absolute Gasteiger partial charge is 0.0568 e. The van der Waals surface area contributed by atoms with E-state index in [1.165, 1.54) is 16.7 Å². The van der Waals surface area contributed by atoms with E-state index in [1.54, 1.807) is 0 Å². The number of nitrogens with one attached hydrogen (secondary N) is 1. The zero-order valence-electron chi connectivity index (χ0n) is 12.1. The molecule has 0 fully saturated rings. The van der Waals surface area contributed by atoms with Crippen molar-refractivity contribution in [1.29, 1.82) is 0 Å². The van der Waals surface area contributed by atoms with Gasteiger partial charge in [-0.2, -0.15) is 5.10 Å². The lowest BCUT2D eigenvalue weighted by Crippen LogP contribution is -2.17. The quantitative estimate of drug-likeness (QED) is 0.856. The van der Waals surface area contributed by atoms with Gasteiger partial charge in [-0.15, -0.1) is 0 Å². The highest BCUT2D eigenvalue weighted by Gasteiger charge is 2.05. The molecule has 0 saturated heterocycles. The van der Waals surface area contributed by atoms with E-state index in [4.69, 9.17) is 0 Å². The van der Waals surface area contributed by atoms with Gasteiger partial charge in [0.05, 0.1) is 6.20 Å². The van der Waals surface area contributed by atoms with Crippen molar-refractivity contribution in [3.8, 4) is 11.1 Å². The molecule has 0 amide bonds. The van der Waals surface area contributed by atoms with Crippen molar-refractivity contribution in [1.82, 2.24) is 15.1 Å². The average molecular weight is 257 g/mol. The first-order valence-corrected chi connectivity index (χ1v) is 7.10. The Morgan fingerprint density at radius 1 is 1.16 bits per heavy atom. The highest BCUT2D eigenvalue weighted by Crippen LogP contribution is 2.21. The molecule has 102 valence electrons. The van der Waals surface area contributed by atoms with Crippen LogP contribution in [0.2, 0.25) is 0 Å². The van der Waals surface area contributed by atoms with Crippen LogP contribution in [0.5, 0.6) is 0 Å². The second-order valence-corrected chi connectivity index (χ2v) is 4.89. The molecule has 1 unspecified atom stereocenters. The molecule has 0 bridgehead atoms. The van der Waals surface area contributed by atoms with Gasteiger partial charge in [-0.3, -0.25) is 4.68 Å². The van der Waals surface area contributed by atoms with E-state index >= 15 is 0 Å². The molecule has 1 N–H and O–H groups in total. The van der Waals surface area contributed by atoms with Gasteiger partial charge in [0.25, 0.3) is 0 Å². The third kappa shape index (κ3) is 3.44. The first kappa shape index (κ1) is 13.8. The summed E-state index contributed by atoms with van der Waals surface area (Å²) in [6, 6.07) is 9.15. The Hall–Kier alpha value is -1.61. The number of nitrogens with zero attached hydrogens (tertiary/aromatic N) is 2. The number of benzene rings is 1. The Bertz CT molecular complexity index is 499. The maximum absolute atomic E-state index is 4.37. The van der Waals surface area contributed by atoms with Crippen LogP contribution in [0.15, 0.2) is 36.7 Å². The first-order valence-electron chi connectivity index (χ1n) is 7.10. The number of hydrogen-bond donors (Lipinski definition) is 1. The van der Waals surface area contributed by atoms with Gasteiger partial charge in [0, 0.05) is 24.3 Å². The van der Waals surface area contributed by atoms with Crippen LogP contribution >= 0.6 is 0 Å². The van der Waals surface area contributed by atoms with Crippen molar-refractivity contribution in [2.45, 2.75) is 39.8 Å². The second kappa shape index (κ2) is 6.53. The summed E-state index contributed by atoms with van der Waals surface area (Å²) >= 11 is 0. The van der Waals surface area contributed by atoms with Crippen LogP contribution < -0.4 is 5.32 Å². The highest BCUT2D eigenvalue weighted by atomic mass is 15.3. The van der Waals surface area contributed by atoms with E-state index in [9.17, 15) is 0 Å². The topological polar surface area (TPSA) is 29.9 Å². The van der Waals surface area contributed by atoms with Crippen LogP contribution in [0, 0.1) is 0 Å². The lowest BCUT2D eigenvalue weighted by atomic mass is 10.0. The molecule has 0 spiro atoms. The minimum atomic E-state index is 0.405. The fourth-order valence-corrected chi connectivity index (χ4v) is 2.25.